The molecule has 43 heavy (non-hydrogen) atoms. The average molecular weight is 612 g/mol. The number of aliphatic hydroxyl groups excluding tert-OH is 5. The number of hydrogen-bond acceptors (Lipinski definition) is 8. The molecule has 8 N–H and O–H groups in total. The van der Waals surface area contributed by atoms with Crippen molar-refractivity contribution in [2.75, 3.05) is 0 Å². The largest absolute Gasteiger partial charge is 0.481 e. The minimum atomic E-state index is -1.26. The first-order valence-corrected chi connectivity index (χ1v) is 15.1. The van der Waals surface area contributed by atoms with E-state index in [2.05, 4.69) is 6.58 Å². The maximum Gasteiger partial charge on any atom is 0.404 e. The summed E-state index contributed by atoms with van der Waals surface area (Å²) in [7, 11) is 0. The van der Waals surface area contributed by atoms with Gasteiger partial charge in [0.05, 0.1) is 36.4 Å². The van der Waals surface area contributed by atoms with E-state index < -0.39 is 66.4 Å². The van der Waals surface area contributed by atoms with Gasteiger partial charge >= 0.3 is 12.1 Å². The second-order valence-electron chi connectivity index (χ2n) is 12.4. The number of allylic oxidation sites excluding steroid dienone is 3. The van der Waals surface area contributed by atoms with E-state index in [1.807, 2.05) is 46.8 Å². The zero-order valence-electron chi connectivity index (χ0n) is 27.1. The first kappa shape index (κ1) is 40.5. The van der Waals surface area contributed by atoms with Crippen LogP contribution in [0.25, 0.3) is 0 Å². The molecule has 10 nitrogen and oxygen atoms in total. The quantitative estimate of drug-likeness (QED) is 0.0792. The summed E-state index contributed by atoms with van der Waals surface area (Å²) in [6.07, 6.45) is 4.24. The molecule has 0 aromatic rings. The van der Waals surface area contributed by atoms with Gasteiger partial charge in [0, 0.05) is 36.0 Å². The Morgan fingerprint density at radius 1 is 0.814 bits per heavy atom. The molecular weight excluding hydrogens is 554 g/mol. The molecule has 0 aliphatic heterocycles. The highest BCUT2D eigenvalue weighted by molar-refractivity contribution is 5.70. The number of ether oxygens (including phenoxy) is 1. The molecule has 10 heteroatoms. The fourth-order valence-electron chi connectivity index (χ4n) is 5.41. The maximum absolute atomic E-state index is 11.5. The lowest BCUT2D eigenvalue weighted by Crippen LogP contribution is -2.41. The molecule has 13 atom stereocenters. The van der Waals surface area contributed by atoms with Crippen molar-refractivity contribution in [3.05, 3.63) is 48.6 Å². The Kier molecular flexibility index (Phi) is 18.6. The van der Waals surface area contributed by atoms with E-state index in [-0.39, 0.29) is 30.1 Å². The monoisotopic (exact) mass is 611 g/mol. The van der Waals surface area contributed by atoms with Gasteiger partial charge in [-0.2, -0.15) is 0 Å². The van der Waals surface area contributed by atoms with Crippen LogP contribution in [0, 0.1) is 41.4 Å². The van der Waals surface area contributed by atoms with E-state index in [1.54, 1.807) is 25.2 Å². The number of rotatable bonds is 20. The van der Waals surface area contributed by atoms with E-state index in [0.29, 0.717) is 6.42 Å². The van der Waals surface area contributed by atoms with E-state index in [9.17, 15) is 35.1 Å². The molecule has 0 aliphatic rings. The third-order valence-electron chi connectivity index (χ3n) is 8.40. The van der Waals surface area contributed by atoms with Crippen LogP contribution < -0.4 is 5.73 Å². The smallest absolute Gasteiger partial charge is 0.404 e. The number of carboxylic acids is 1. The van der Waals surface area contributed by atoms with Crippen LogP contribution in [0.3, 0.4) is 0 Å². The summed E-state index contributed by atoms with van der Waals surface area (Å²) in [5, 5.41) is 61.9. The van der Waals surface area contributed by atoms with Gasteiger partial charge in [-0.3, -0.25) is 4.79 Å². The highest BCUT2D eigenvalue weighted by Crippen LogP contribution is 2.29. The molecule has 0 heterocycles. The molecule has 0 bridgehead atoms. The molecule has 0 fully saturated rings. The minimum Gasteiger partial charge on any atom is -0.481 e. The molecule has 0 saturated carbocycles. The topological polar surface area (TPSA) is 191 Å². The molecule has 0 rings (SSSR count). The number of nitrogens with two attached hydrogens (primary N) is 1. The van der Waals surface area contributed by atoms with Gasteiger partial charge in [0.25, 0.3) is 0 Å². The van der Waals surface area contributed by atoms with Crippen molar-refractivity contribution in [2.24, 2.45) is 47.2 Å². The standard InChI is InChI=1S/C33H57NO9/c1-10-11-12-20(4)31(43-33(34)42)24(8)29(38)22(6)16-18(2)15-21(5)28(37)19(3)13-14-26(35)17-27(36)23(7)30(39)25(9)32(40)41/h10-15,19-31,35-39H,1,16-17H2,2-9H3,(H2,34,42)(H,40,41)/t19-,20-,21-,22-,23-,24-,25+,26+,27-,28-,29-,30-,31-/m0/s1. The normalized spacial score (nSPS) is 21.9. The summed E-state index contributed by atoms with van der Waals surface area (Å²) in [5.74, 6) is -4.32. The van der Waals surface area contributed by atoms with Crippen molar-refractivity contribution < 1.29 is 45.0 Å². The van der Waals surface area contributed by atoms with Crippen molar-refractivity contribution in [1.82, 2.24) is 0 Å². The molecule has 0 radical (unpaired) electrons. The predicted molar refractivity (Wildman–Crippen MR) is 168 cm³/mol. The fraction of sp³-hybridized carbons (Fsp3) is 0.697. The Morgan fingerprint density at radius 3 is 1.91 bits per heavy atom. The molecule has 0 saturated heterocycles. The number of primary amides is 1. The lowest BCUT2D eigenvalue weighted by molar-refractivity contribution is -0.147. The third kappa shape index (κ3) is 14.2. The Morgan fingerprint density at radius 2 is 1.40 bits per heavy atom. The summed E-state index contributed by atoms with van der Waals surface area (Å²) in [5.41, 5.74) is 6.26. The minimum absolute atomic E-state index is 0.0915. The molecule has 0 aromatic heterocycles. The van der Waals surface area contributed by atoms with E-state index in [0.717, 1.165) is 5.57 Å². The zero-order chi connectivity index (χ0) is 33.6. The number of carbonyl (C=O) groups excluding carboxylic acids is 1. The molecule has 0 spiro atoms. The first-order valence-electron chi connectivity index (χ1n) is 15.1. The van der Waals surface area contributed by atoms with Crippen LogP contribution >= 0.6 is 0 Å². The lowest BCUT2D eigenvalue weighted by Gasteiger charge is -2.33. The van der Waals surface area contributed by atoms with E-state index in [4.69, 9.17) is 15.6 Å². The van der Waals surface area contributed by atoms with Crippen LogP contribution in [0.15, 0.2) is 48.6 Å². The van der Waals surface area contributed by atoms with Gasteiger partial charge in [-0.05, 0) is 26.2 Å². The van der Waals surface area contributed by atoms with Crippen LogP contribution in [0.5, 0.6) is 0 Å². The van der Waals surface area contributed by atoms with Crippen molar-refractivity contribution in [3.63, 3.8) is 0 Å². The van der Waals surface area contributed by atoms with Crippen molar-refractivity contribution in [1.29, 1.82) is 0 Å². The highest BCUT2D eigenvalue weighted by atomic mass is 16.6. The average Bonchev–Trinajstić information content (AvgIpc) is 2.94. The summed E-state index contributed by atoms with van der Waals surface area (Å²) < 4.78 is 5.35. The Bertz CT molecular complexity index is 949. The van der Waals surface area contributed by atoms with Gasteiger partial charge in [-0.25, -0.2) is 4.79 Å². The molecule has 0 aliphatic carbocycles. The van der Waals surface area contributed by atoms with Crippen LogP contribution in [-0.4, -0.2) is 79.3 Å². The van der Waals surface area contributed by atoms with E-state index in [1.165, 1.54) is 19.9 Å². The van der Waals surface area contributed by atoms with Gasteiger partial charge in [0.2, 0.25) is 0 Å². The summed E-state index contributed by atoms with van der Waals surface area (Å²) in [6.45, 7) is 17.8. The number of amides is 1. The number of hydrogen-bond donors (Lipinski definition) is 7. The van der Waals surface area contributed by atoms with Crippen LogP contribution in [-0.2, 0) is 9.53 Å². The Labute approximate surface area is 257 Å². The summed E-state index contributed by atoms with van der Waals surface area (Å²) in [6, 6.07) is 0. The third-order valence-corrected chi connectivity index (χ3v) is 8.40. The van der Waals surface area contributed by atoms with Crippen molar-refractivity contribution >= 4 is 12.1 Å². The SMILES string of the molecule is C=CC=C[C@H](C)[C@H](OC(N)=O)[C@@H](C)[C@@H](O)[C@@H](C)CC(C)=C[C@H](C)[C@@H](O)[C@@H](C)C=C[C@@H](O)C[C@H](O)[C@H](C)[C@H](O)[C@@H](C)C(=O)O. The van der Waals surface area contributed by atoms with Crippen molar-refractivity contribution in [3.8, 4) is 0 Å². The molecule has 1 amide bonds. The number of carboxylic acid groups (broad SMARTS) is 1. The Hall–Kier alpha value is -2.50. The van der Waals surface area contributed by atoms with Crippen LogP contribution in [0.2, 0.25) is 0 Å². The zero-order valence-corrected chi connectivity index (χ0v) is 27.1. The van der Waals surface area contributed by atoms with Crippen LogP contribution in [0.4, 0.5) is 4.79 Å². The predicted octanol–water partition coefficient (Wildman–Crippen LogP) is 3.82. The molecule has 248 valence electrons. The second-order valence-corrected chi connectivity index (χ2v) is 12.4. The van der Waals surface area contributed by atoms with Crippen LogP contribution in [0.1, 0.15) is 68.2 Å². The number of aliphatic hydroxyl groups is 5. The van der Waals surface area contributed by atoms with Gasteiger partial charge in [0.1, 0.15) is 6.10 Å². The van der Waals surface area contributed by atoms with Gasteiger partial charge in [0.15, 0.2) is 0 Å². The fourth-order valence-corrected chi connectivity index (χ4v) is 5.41. The summed E-state index contributed by atoms with van der Waals surface area (Å²) in [4.78, 5) is 22.6. The van der Waals surface area contributed by atoms with E-state index >= 15 is 0 Å². The van der Waals surface area contributed by atoms with Gasteiger partial charge < -0.3 is 41.1 Å². The molecular formula is C33H57NO9. The summed E-state index contributed by atoms with van der Waals surface area (Å²) >= 11 is 0. The van der Waals surface area contributed by atoms with Crippen molar-refractivity contribution in [2.45, 2.75) is 105 Å². The molecule has 0 aromatic carbocycles. The first-order chi connectivity index (χ1) is 19.8. The maximum atomic E-state index is 11.5. The highest BCUT2D eigenvalue weighted by Gasteiger charge is 2.34. The van der Waals surface area contributed by atoms with Gasteiger partial charge in [-0.15, -0.1) is 0 Å². The molecule has 0 unspecified atom stereocenters. The number of aliphatic carboxylic acids is 1. The van der Waals surface area contributed by atoms with Gasteiger partial charge in [-0.1, -0.05) is 90.2 Å². The lowest BCUT2D eigenvalue weighted by atomic mass is 9.81. The number of carbonyl (C=O) groups is 2. The second kappa shape index (κ2) is 19.7. The Balaban J connectivity index is 5.21.